The number of nitrogens with one attached hydrogen (secondary N) is 1. The van der Waals surface area contributed by atoms with E-state index in [4.69, 9.17) is 0 Å². The van der Waals surface area contributed by atoms with Gasteiger partial charge in [-0.25, -0.2) is 15.0 Å². The third-order valence-corrected chi connectivity index (χ3v) is 2.77. The molecule has 2 rings (SSSR count). The molecule has 96 valence electrons. The van der Waals surface area contributed by atoms with Crippen LogP contribution in [0.3, 0.4) is 0 Å². The second-order valence-electron chi connectivity index (χ2n) is 4.58. The van der Waals surface area contributed by atoms with Crippen molar-refractivity contribution in [1.82, 2.24) is 19.5 Å². The van der Waals surface area contributed by atoms with Crippen molar-refractivity contribution >= 4 is 5.95 Å². The minimum atomic E-state index is 0.472. The van der Waals surface area contributed by atoms with Gasteiger partial charge in [0.15, 0.2) is 0 Å². The van der Waals surface area contributed by atoms with Crippen LogP contribution in [-0.4, -0.2) is 26.1 Å². The van der Waals surface area contributed by atoms with Crippen LogP contribution < -0.4 is 5.32 Å². The number of rotatable bonds is 6. The molecule has 0 bridgehead atoms. The predicted octanol–water partition coefficient (Wildman–Crippen LogP) is 2.30. The molecule has 0 saturated heterocycles. The lowest BCUT2D eigenvalue weighted by atomic mass is 10.1. The molecular weight excluding hydrogens is 226 g/mol. The van der Waals surface area contributed by atoms with Crippen LogP contribution in [0.5, 0.6) is 0 Å². The molecule has 1 N–H and O–H groups in total. The summed E-state index contributed by atoms with van der Waals surface area (Å²) < 4.78 is 2.06. The van der Waals surface area contributed by atoms with Crippen LogP contribution in [0, 0.1) is 0 Å². The Bertz CT molecular complexity index is 447. The second kappa shape index (κ2) is 6.14. The Morgan fingerprint density at radius 2 is 2.06 bits per heavy atom. The van der Waals surface area contributed by atoms with Gasteiger partial charge in [0.25, 0.3) is 0 Å². The maximum Gasteiger partial charge on any atom is 0.222 e. The Hall–Kier alpha value is -1.91. The minimum absolute atomic E-state index is 0.472. The molecule has 18 heavy (non-hydrogen) atoms. The van der Waals surface area contributed by atoms with E-state index in [0.29, 0.717) is 11.9 Å². The van der Waals surface area contributed by atoms with Crippen LogP contribution in [0.2, 0.25) is 0 Å². The molecule has 0 saturated carbocycles. The van der Waals surface area contributed by atoms with Gasteiger partial charge in [-0.05, 0) is 17.9 Å². The van der Waals surface area contributed by atoms with E-state index in [1.54, 1.807) is 6.20 Å². The Balaban J connectivity index is 1.73. The number of aryl methyl sites for hydroxylation is 1. The number of hydrogen-bond donors (Lipinski definition) is 1. The molecule has 0 aromatic carbocycles. The molecule has 5 heteroatoms. The zero-order chi connectivity index (χ0) is 12.8. The van der Waals surface area contributed by atoms with Crippen molar-refractivity contribution in [3.63, 3.8) is 0 Å². The van der Waals surface area contributed by atoms with E-state index in [9.17, 15) is 0 Å². The van der Waals surface area contributed by atoms with Gasteiger partial charge in [-0.15, -0.1) is 0 Å². The summed E-state index contributed by atoms with van der Waals surface area (Å²) in [6, 6.07) is 0. The van der Waals surface area contributed by atoms with Gasteiger partial charge in [0, 0.05) is 37.9 Å². The first-order valence-electron chi connectivity index (χ1n) is 6.27. The standard InChI is InChI=1S/C13H19N5/c1-11(2)12-8-16-13(17-9-12)15-4-3-6-18-7-5-14-10-18/h5,7-11H,3-4,6H2,1-2H3,(H,15,16,17). The second-order valence-corrected chi connectivity index (χ2v) is 4.58. The number of anilines is 1. The first kappa shape index (κ1) is 12.5. The van der Waals surface area contributed by atoms with Crippen molar-refractivity contribution in [3.8, 4) is 0 Å². The summed E-state index contributed by atoms with van der Waals surface area (Å²) in [6.07, 6.45) is 10.4. The highest BCUT2D eigenvalue weighted by molar-refractivity contribution is 5.25. The van der Waals surface area contributed by atoms with Crippen molar-refractivity contribution < 1.29 is 0 Å². The SMILES string of the molecule is CC(C)c1cnc(NCCCn2ccnc2)nc1. The van der Waals surface area contributed by atoms with Crippen molar-refractivity contribution in [2.24, 2.45) is 0 Å². The zero-order valence-corrected chi connectivity index (χ0v) is 10.9. The monoisotopic (exact) mass is 245 g/mol. The van der Waals surface area contributed by atoms with Crippen molar-refractivity contribution in [3.05, 3.63) is 36.7 Å². The number of aromatic nitrogens is 4. The van der Waals surface area contributed by atoms with Gasteiger partial charge in [0.05, 0.1) is 6.33 Å². The molecular formula is C13H19N5. The fourth-order valence-corrected chi connectivity index (χ4v) is 1.61. The quantitative estimate of drug-likeness (QED) is 0.793. The maximum absolute atomic E-state index is 4.29. The number of imidazole rings is 1. The minimum Gasteiger partial charge on any atom is -0.354 e. The van der Waals surface area contributed by atoms with Gasteiger partial charge in [-0.1, -0.05) is 13.8 Å². The molecule has 2 aromatic heterocycles. The van der Waals surface area contributed by atoms with E-state index in [2.05, 4.69) is 38.7 Å². The Morgan fingerprint density at radius 3 is 2.67 bits per heavy atom. The highest BCUT2D eigenvalue weighted by Gasteiger charge is 2.00. The molecule has 0 fully saturated rings. The molecule has 0 spiro atoms. The smallest absolute Gasteiger partial charge is 0.222 e. The van der Waals surface area contributed by atoms with Crippen LogP contribution in [0.1, 0.15) is 31.7 Å². The summed E-state index contributed by atoms with van der Waals surface area (Å²) in [4.78, 5) is 12.6. The van der Waals surface area contributed by atoms with Crippen molar-refractivity contribution in [2.45, 2.75) is 32.7 Å². The largest absolute Gasteiger partial charge is 0.354 e. The molecule has 0 aliphatic carbocycles. The Kier molecular flexibility index (Phi) is 4.28. The van der Waals surface area contributed by atoms with Crippen LogP contribution >= 0.6 is 0 Å². The molecule has 2 heterocycles. The van der Waals surface area contributed by atoms with Gasteiger partial charge in [-0.3, -0.25) is 0 Å². The first-order chi connectivity index (χ1) is 8.75. The van der Waals surface area contributed by atoms with E-state index in [0.717, 1.165) is 19.5 Å². The van der Waals surface area contributed by atoms with E-state index in [1.807, 2.05) is 24.9 Å². The van der Waals surface area contributed by atoms with Gasteiger partial charge in [0.2, 0.25) is 5.95 Å². The van der Waals surface area contributed by atoms with Crippen LogP contribution in [0.4, 0.5) is 5.95 Å². The summed E-state index contributed by atoms with van der Waals surface area (Å²) in [5, 5.41) is 3.22. The highest BCUT2D eigenvalue weighted by Crippen LogP contribution is 2.11. The molecule has 5 nitrogen and oxygen atoms in total. The summed E-state index contributed by atoms with van der Waals surface area (Å²) >= 11 is 0. The summed E-state index contributed by atoms with van der Waals surface area (Å²) in [5.74, 6) is 1.17. The lowest BCUT2D eigenvalue weighted by Gasteiger charge is -2.07. The van der Waals surface area contributed by atoms with Gasteiger partial charge >= 0.3 is 0 Å². The third-order valence-electron chi connectivity index (χ3n) is 2.77. The van der Waals surface area contributed by atoms with Crippen molar-refractivity contribution in [1.29, 1.82) is 0 Å². The summed E-state index contributed by atoms with van der Waals surface area (Å²) in [6.45, 7) is 6.09. The topological polar surface area (TPSA) is 55.6 Å². The Morgan fingerprint density at radius 1 is 1.28 bits per heavy atom. The Labute approximate surface area is 107 Å². The van der Waals surface area contributed by atoms with E-state index in [1.165, 1.54) is 5.56 Å². The van der Waals surface area contributed by atoms with Crippen LogP contribution in [-0.2, 0) is 6.54 Å². The molecule has 0 aliphatic heterocycles. The van der Waals surface area contributed by atoms with Crippen LogP contribution in [0.15, 0.2) is 31.1 Å². The van der Waals surface area contributed by atoms with Crippen molar-refractivity contribution in [2.75, 3.05) is 11.9 Å². The van der Waals surface area contributed by atoms with Crippen LogP contribution in [0.25, 0.3) is 0 Å². The average molecular weight is 245 g/mol. The first-order valence-corrected chi connectivity index (χ1v) is 6.27. The fourth-order valence-electron chi connectivity index (χ4n) is 1.61. The molecule has 0 atom stereocenters. The third kappa shape index (κ3) is 3.55. The fraction of sp³-hybridized carbons (Fsp3) is 0.462. The van der Waals surface area contributed by atoms with E-state index < -0.39 is 0 Å². The normalized spacial score (nSPS) is 10.8. The summed E-state index contributed by atoms with van der Waals surface area (Å²) in [7, 11) is 0. The molecule has 0 radical (unpaired) electrons. The predicted molar refractivity (Wildman–Crippen MR) is 71.5 cm³/mol. The van der Waals surface area contributed by atoms with Gasteiger partial charge in [0.1, 0.15) is 0 Å². The van der Waals surface area contributed by atoms with Gasteiger partial charge < -0.3 is 9.88 Å². The van der Waals surface area contributed by atoms with Gasteiger partial charge in [-0.2, -0.15) is 0 Å². The highest BCUT2D eigenvalue weighted by atomic mass is 15.1. The number of nitrogens with zero attached hydrogens (tertiary/aromatic N) is 4. The average Bonchev–Trinajstić information content (AvgIpc) is 2.88. The molecule has 0 aliphatic rings. The zero-order valence-electron chi connectivity index (χ0n) is 10.9. The maximum atomic E-state index is 4.29. The molecule has 0 amide bonds. The molecule has 0 unspecified atom stereocenters. The summed E-state index contributed by atoms with van der Waals surface area (Å²) in [5.41, 5.74) is 1.17. The molecule has 2 aromatic rings. The lowest BCUT2D eigenvalue weighted by Crippen LogP contribution is -2.08. The van der Waals surface area contributed by atoms with E-state index in [-0.39, 0.29) is 0 Å². The lowest BCUT2D eigenvalue weighted by molar-refractivity contribution is 0.659. The number of hydrogen-bond acceptors (Lipinski definition) is 4. The van der Waals surface area contributed by atoms with E-state index >= 15 is 0 Å².